The quantitative estimate of drug-likeness (QED) is 0.0261. The van der Waals surface area contributed by atoms with E-state index in [0.717, 1.165) is 57.8 Å². The molecule has 0 aliphatic heterocycles. The SMILES string of the molecule is CCCCCCCC/C=C\CCCCCCCCCC(=O)OCC(COC(=O)CCCCCCCCCCCCCCCCCCCCCCCCCCCCCC)OC(=O)CCCCCCCCC/C=C\CCCCCCCCC. The molecule has 0 aliphatic rings. The predicted molar refractivity (Wildman–Crippen MR) is 353 cm³/mol. The van der Waals surface area contributed by atoms with E-state index >= 15 is 0 Å². The van der Waals surface area contributed by atoms with Gasteiger partial charge in [0.25, 0.3) is 0 Å². The highest BCUT2D eigenvalue weighted by atomic mass is 16.6. The zero-order chi connectivity index (χ0) is 58.5. The summed E-state index contributed by atoms with van der Waals surface area (Å²) in [5.74, 6) is -0.845. The number of rotatable bonds is 69. The van der Waals surface area contributed by atoms with Gasteiger partial charge < -0.3 is 14.2 Å². The van der Waals surface area contributed by atoms with Crippen LogP contribution >= 0.6 is 0 Å². The van der Waals surface area contributed by atoms with Gasteiger partial charge in [-0.25, -0.2) is 0 Å². The number of carbonyl (C=O) groups is 3. The number of allylic oxidation sites excluding steroid dienone is 4. The lowest BCUT2D eigenvalue weighted by Gasteiger charge is -2.18. The highest BCUT2D eigenvalue weighted by Crippen LogP contribution is 2.19. The van der Waals surface area contributed by atoms with Gasteiger partial charge in [0.1, 0.15) is 13.2 Å². The first-order valence-corrected chi connectivity index (χ1v) is 36.8. The van der Waals surface area contributed by atoms with Crippen LogP contribution in [-0.4, -0.2) is 37.2 Å². The molecule has 1 unspecified atom stereocenters. The Bertz CT molecular complexity index is 1310. The Kier molecular flexibility index (Phi) is 68.5. The van der Waals surface area contributed by atoms with Crippen LogP contribution in [0.4, 0.5) is 0 Å². The van der Waals surface area contributed by atoms with Crippen LogP contribution in [0, 0.1) is 0 Å². The van der Waals surface area contributed by atoms with Crippen LogP contribution in [0.15, 0.2) is 24.3 Å². The van der Waals surface area contributed by atoms with Crippen molar-refractivity contribution in [3.8, 4) is 0 Å². The minimum Gasteiger partial charge on any atom is -0.462 e. The van der Waals surface area contributed by atoms with Crippen LogP contribution < -0.4 is 0 Å². The van der Waals surface area contributed by atoms with Crippen molar-refractivity contribution in [3.05, 3.63) is 24.3 Å². The van der Waals surface area contributed by atoms with Crippen molar-refractivity contribution in [1.82, 2.24) is 0 Å². The van der Waals surface area contributed by atoms with Crippen LogP contribution in [0.1, 0.15) is 419 Å². The van der Waals surface area contributed by atoms with Crippen molar-refractivity contribution in [2.45, 2.75) is 425 Å². The van der Waals surface area contributed by atoms with E-state index in [1.165, 1.54) is 321 Å². The van der Waals surface area contributed by atoms with Gasteiger partial charge in [0, 0.05) is 19.3 Å². The third kappa shape index (κ3) is 68.6. The molecule has 81 heavy (non-hydrogen) atoms. The average Bonchev–Trinajstić information content (AvgIpc) is 3.47. The second-order valence-corrected chi connectivity index (χ2v) is 25.2. The minimum atomic E-state index is -0.774. The lowest BCUT2D eigenvalue weighted by atomic mass is 10.0. The number of esters is 3. The van der Waals surface area contributed by atoms with Crippen molar-refractivity contribution >= 4 is 17.9 Å². The average molecular weight is 1140 g/mol. The van der Waals surface area contributed by atoms with Crippen LogP contribution in [0.3, 0.4) is 0 Å². The molecule has 0 radical (unpaired) electrons. The van der Waals surface area contributed by atoms with E-state index in [-0.39, 0.29) is 31.1 Å². The Labute approximate surface area is 506 Å². The first-order valence-electron chi connectivity index (χ1n) is 36.8. The molecule has 0 N–H and O–H groups in total. The van der Waals surface area contributed by atoms with Gasteiger partial charge in [-0.3, -0.25) is 14.4 Å². The summed E-state index contributed by atoms with van der Waals surface area (Å²) in [7, 11) is 0. The molecule has 1 atom stereocenters. The largest absolute Gasteiger partial charge is 0.462 e. The summed E-state index contributed by atoms with van der Waals surface area (Å²) in [5.41, 5.74) is 0. The Morgan fingerprint density at radius 1 is 0.235 bits per heavy atom. The zero-order valence-electron chi connectivity index (χ0n) is 55.1. The molecule has 0 aromatic heterocycles. The molecule has 0 spiro atoms. The summed E-state index contributed by atoms with van der Waals surface area (Å²) in [4.78, 5) is 38.5. The first kappa shape index (κ1) is 78.9. The maximum absolute atomic E-state index is 13.0. The van der Waals surface area contributed by atoms with Gasteiger partial charge in [-0.15, -0.1) is 0 Å². The van der Waals surface area contributed by atoms with E-state index in [0.29, 0.717) is 19.3 Å². The molecule has 0 rings (SSSR count). The fraction of sp³-hybridized carbons (Fsp3) is 0.907. The monoisotopic (exact) mass is 1140 g/mol. The Balaban J connectivity index is 4.22. The topological polar surface area (TPSA) is 78.9 Å². The Morgan fingerprint density at radius 3 is 0.617 bits per heavy atom. The number of carbonyl (C=O) groups excluding carboxylic acids is 3. The molecule has 0 heterocycles. The fourth-order valence-electron chi connectivity index (χ4n) is 11.4. The lowest BCUT2D eigenvalue weighted by molar-refractivity contribution is -0.167. The van der Waals surface area contributed by atoms with Gasteiger partial charge in [0.05, 0.1) is 0 Å². The Hall–Kier alpha value is -2.11. The minimum absolute atomic E-state index is 0.0688. The van der Waals surface area contributed by atoms with Gasteiger partial charge in [-0.2, -0.15) is 0 Å². The summed E-state index contributed by atoms with van der Waals surface area (Å²) >= 11 is 0. The molecule has 0 aliphatic carbocycles. The molecular weight excluding hydrogens is 997 g/mol. The summed E-state index contributed by atoms with van der Waals surface area (Å²) in [6.45, 7) is 6.71. The van der Waals surface area contributed by atoms with Gasteiger partial charge in [0.2, 0.25) is 0 Å². The Morgan fingerprint density at radius 2 is 0.407 bits per heavy atom. The highest BCUT2D eigenvalue weighted by molar-refractivity contribution is 5.71. The van der Waals surface area contributed by atoms with Crippen LogP contribution in [0.2, 0.25) is 0 Å². The standard InChI is InChI=1S/C75H142O6/c1-4-7-10-13-16-19-22-25-28-31-33-34-35-36-37-38-39-40-41-42-45-47-50-53-56-59-62-65-68-74(77)80-71-72(70-79-73(76)67-64-61-58-55-52-49-46-43-30-27-24-21-18-15-12-9-6-3)81-75(78)69-66-63-60-57-54-51-48-44-32-29-26-23-20-17-14-11-8-5-2/h27,29-30,32,72H,4-26,28,31,33-71H2,1-3H3/b30-27-,32-29-. The number of hydrogen-bond donors (Lipinski definition) is 0. The van der Waals surface area contributed by atoms with E-state index in [9.17, 15) is 14.4 Å². The summed E-state index contributed by atoms with van der Waals surface area (Å²) in [6, 6.07) is 0. The van der Waals surface area contributed by atoms with Crippen LogP contribution in [-0.2, 0) is 28.6 Å². The second kappa shape index (κ2) is 70.4. The smallest absolute Gasteiger partial charge is 0.306 e. The van der Waals surface area contributed by atoms with Crippen molar-refractivity contribution in [2.24, 2.45) is 0 Å². The van der Waals surface area contributed by atoms with E-state index in [1.54, 1.807) is 0 Å². The molecule has 0 fully saturated rings. The number of unbranched alkanes of at least 4 members (excludes halogenated alkanes) is 54. The lowest BCUT2D eigenvalue weighted by Crippen LogP contribution is -2.30. The van der Waals surface area contributed by atoms with Crippen molar-refractivity contribution in [2.75, 3.05) is 13.2 Å². The molecule has 6 nitrogen and oxygen atoms in total. The third-order valence-electron chi connectivity index (χ3n) is 16.9. The van der Waals surface area contributed by atoms with Gasteiger partial charge in [-0.05, 0) is 70.6 Å². The van der Waals surface area contributed by atoms with E-state index in [2.05, 4.69) is 45.1 Å². The maximum Gasteiger partial charge on any atom is 0.306 e. The first-order chi connectivity index (χ1) is 40.0. The van der Waals surface area contributed by atoms with Gasteiger partial charge in [-0.1, -0.05) is 353 Å². The molecule has 0 saturated heterocycles. The third-order valence-corrected chi connectivity index (χ3v) is 16.9. The summed E-state index contributed by atoms with van der Waals surface area (Å²) in [5, 5.41) is 0. The van der Waals surface area contributed by atoms with E-state index < -0.39 is 6.10 Å². The molecule has 0 bridgehead atoms. The molecule has 0 aromatic rings. The van der Waals surface area contributed by atoms with E-state index in [1.807, 2.05) is 0 Å². The molecule has 478 valence electrons. The van der Waals surface area contributed by atoms with Crippen molar-refractivity contribution in [3.63, 3.8) is 0 Å². The van der Waals surface area contributed by atoms with Crippen molar-refractivity contribution in [1.29, 1.82) is 0 Å². The van der Waals surface area contributed by atoms with Crippen molar-refractivity contribution < 1.29 is 28.6 Å². The molecule has 0 saturated carbocycles. The van der Waals surface area contributed by atoms with Crippen LogP contribution in [0.25, 0.3) is 0 Å². The normalized spacial score (nSPS) is 12.1. The molecule has 0 aromatic carbocycles. The molecule has 0 amide bonds. The maximum atomic E-state index is 13.0. The van der Waals surface area contributed by atoms with Gasteiger partial charge in [0.15, 0.2) is 6.10 Å². The zero-order valence-corrected chi connectivity index (χ0v) is 55.1. The molecule has 6 heteroatoms. The van der Waals surface area contributed by atoms with Crippen LogP contribution in [0.5, 0.6) is 0 Å². The molecular formula is C75H142O6. The summed E-state index contributed by atoms with van der Waals surface area (Å²) in [6.07, 6.45) is 86.5. The number of ether oxygens (including phenoxy) is 3. The van der Waals surface area contributed by atoms with Gasteiger partial charge >= 0.3 is 17.9 Å². The summed E-state index contributed by atoms with van der Waals surface area (Å²) < 4.78 is 17.0. The highest BCUT2D eigenvalue weighted by Gasteiger charge is 2.20. The van der Waals surface area contributed by atoms with E-state index in [4.69, 9.17) is 14.2 Å². The predicted octanol–water partition coefficient (Wildman–Crippen LogP) is 25.3. The fourth-order valence-corrected chi connectivity index (χ4v) is 11.4. The number of hydrogen-bond acceptors (Lipinski definition) is 6. The second-order valence-electron chi connectivity index (χ2n) is 25.2.